The minimum absolute atomic E-state index is 0. The second-order valence-corrected chi connectivity index (χ2v) is 2.91. The van der Waals surface area contributed by atoms with Crippen LogP contribution >= 0.6 is 0 Å². The Morgan fingerprint density at radius 1 is 0.643 bits per heavy atom. The molecule has 0 aliphatic carbocycles. The maximum Gasteiger partial charge on any atom is 0.115 e. The van der Waals surface area contributed by atoms with Gasteiger partial charge in [0.05, 0.1) is 0 Å². The van der Waals surface area contributed by atoms with Crippen LogP contribution in [0.5, 0.6) is 5.75 Å². The molecule has 14 heavy (non-hydrogen) atoms. The third-order valence-electron chi connectivity index (χ3n) is 1.97. The van der Waals surface area contributed by atoms with E-state index >= 15 is 0 Å². The summed E-state index contributed by atoms with van der Waals surface area (Å²) in [4.78, 5) is 0. The Kier molecular flexibility index (Phi) is 3.93. The van der Waals surface area contributed by atoms with Crippen LogP contribution in [0.3, 0.4) is 0 Å². The van der Waals surface area contributed by atoms with Gasteiger partial charge in [0.15, 0.2) is 0 Å². The summed E-state index contributed by atoms with van der Waals surface area (Å²) >= 11 is 0. The quantitative estimate of drug-likeness (QED) is 0.729. The van der Waals surface area contributed by atoms with E-state index < -0.39 is 0 Å². The molecule has 2 aromatic rings. The molecule has 0 amide bonds. The van der Waals surface area contributed by atoms with Gasteiger partial charge in [0.2, 0.25) is 0 Å². The first-order chi connectivity index (χ1) is 6.36. The van der Waals surface area contributed by atoms with Crippen molar-refractivity contribution >= 4 is 0 Å². The molecule has 0 bridgehead atoms. The second kappa shape index (κ2) is 4.99. The van der Waals surface area contributed by atoms with Crippen LogP contribution in [-0.2, 0) is 21.7 Å². The molecule has 0 saturated heterocycles. The van der Waals surface area contributed by atoms with Crippen LogP contribution in [0.15, 0.2) is 54.6 Å². The number of phenols is 1. The van der Waals surface area contributed by atoms with E-state index in [1.165, 1.54) is 5.56 Å². The van der Waals surface area contributed by atoms with Crippen molar-refractivity contribution in [3.05, 3.63) is 54.6 Å². The Hall–Kier alpha value is -1.05. The second-order valence-electron chi connectivity index (χ2n) is 2.91. The number of rotatable bonds is 1. The summed E-state index contributed by atoms with van der Waals surface area (Å²) in [6.07, 6.45) is 0. The van der Waals surface area contributed by atoms with Gasteiger partial charge in [0.25, 0.3) is 0 Å². The van der Waals surface area contributed by atoms with Crippen molar-refractivity contribution in [2.45, 2.75) is 0 Å². The summed E-state index contributed by atoms with van der Waals surface area (Å²) in [5.74, 6) is 0.305. The van der Waals surface area contributed by atoms with Crippen molar-refractivity contribution < 1.29 is 26.8 Å². The first kappa shape index (κ1) is 11.0. The van der Waals surface area contributed by atoms with E-state index in [1.807, 2.05) is 42.5 Å². The van der Waals surface area contributed by atoms with Crippen LogP contribution in [0, 0.1) is 0 Å². The fourth-order valence-electron chi connectivity index (χ4n) is 1.28. The summed E-state index contributed by atoms with van der Waals surface area (Å²) in [6.45, 7) is 0. The van der Waals surface area contributed by atoms with Crippen molar-refractivity contribution in [1.29, 1.82) is 0 Å². The maximum absolute atomic E-state index is 9.10. The van der Waals surface area contributed by atoms with E-state index in [2.05, 4.69) is 0 Å². The van der Waals surface area contributed by atoms with Gasteiger partial charge in [-0.2, -0.15) is 0 Å². The van der Waals surface area contributed by atoms with Crippen LogP contribution in [-0.4, -0.2) is 5.11 Å². The van der Waals surface area contributed by atoms with E-state index in [1.54, 1.807) is 12.1 Å². The van der Waals surface area contributed by atoms with Crippen LogP contribution in [0.4, 0.5) is 0 Å². The summed E-state index contributed by atoms with van der Waals surface area (Å²) in [5, 5.41) is 9.10. The first-order valence-corrected chi connectivity index (χ1v) is 4.21. The predicted molar refractivity (Wildman–Crippen MR) is 53.5 cm³/mol. The number of phenolic OH excluding ortho intramolecular Hbond substituents is 1. The summed E-state index contributed by atoms with van der Waals surface area (Å²) in [6, 6.07) is 17.3. The van der Waals surface area contributed by atoms with Gasteiger partial charge in [-0.1, -0.05) is 42.5 Å². The Morgan fingerprint density at radius 2 is 1.14 bits per heavy atom. The van der Waals surface area contributed by atoms with E-state index in [0.717, 1.165) is 5.56 Å². The molecule has 2 aromatic carbocycles. The van der Waals surface area contributed by atoms with Crippen molar-refractivity contribution in [2.75, 3.05) is 0 Å². The SMILES string of the molecule is Oc1ccc(-c2ccccc2)cc1.[Ti]. The number of hydrogen-bond acceptors (Lipinski definition) is 1. The maximum atomic E-state index is 9.10. The van der Waals surface area contributed by atoms with Crippen molar-refractivity contribution in [3.63, 3.8) is 0 Å². The van der Waals surface area contributed by atoms with Crippen LogP contribution in [0.2, 0.25) is 0 Å². The standard InChI is InChI=1S/C12H10O.Ti/c13-12-8-6-11(7-9-12)10-4-2-1-3-5-10;/h1-9,13H;. The predicted octanol–water partition coefficient (Wildman–Crippen LogP) is 3.06. The van der Waals surface area contributed by atoms with Gasteiger partial charge in [-0.3, -0.25) is 0 Å². The molecule has 0 unspecified atom stereocenters. The van der Waals surface area contributed by atoms with Crippen LogP contribution in [0.25, 0.3) is 11.1 Å². The molecule has 0 aliphatic rings. The third-order valence-corrected chi connectivity index (χ3v) is 1.97. The third kappa shape index (κ3) is 2.47. The molecule has 0 aliphatic heterocycles. The zero-order valence-electron chi connectivity index (χ0n) is 7.64. The molecule has 0 atom stereocenters. The molecule has 2 rings (SSSR count). The van der Waals surface area contributed by atoms with Crippen molar-refractivity contribution in [2.24, 2.45) is 0 Å². The average Bonchev–Trinajstić information content (AvgIpc) is 2.20. The van der Waals surface area contributed by atoms with Gasteiger partial charge < -0.3 is 5.11 Å². The van der Waals surface area contributed by atoms with Gasteiger partial charge in [0, 0.05) is 21.7 Å². The van der Waals surface area contributed by atoms with E-state index in [9.17, 15) is 0 Å². The molecule has 0 heterocycles. The van der Waals surface area contributed by atoms with Gasteiger partial charge in [-0.15, -0.1) is 0 Å². The average molecular weight is 218 g/mol. The smallest absolute Gasteiger partial charge is 0.115 e. The van der Waals surface area contributed by atoms with Gasteiger partial charge in [-0.05, 0) is 23.3 Å². The Balaban J connectivity index is 0.000000980. The Morgan fingerprint density at radius 3 is 1.71 bits per heavy atom. The summed E-state index contributed by atoms with van der Waals surface area (Å²) < 4.78 is 0. The zero-order chi connectivity index (χ0) is 9.10. The van der Waals surface area contributed by atoms with Gasteiger partial charge in [-0.25, -0.2) is 0 Å². The molecule has 1 N–H and O–H groups in total. The minimum Gasteiger partial charge on any atom is -0.508 e. The van der Waals surface area contributed by atoms with Crippen LogP contribution in [0.1, 0.15) is 0 Å². The molecule has 0 radical (unpaired) electrons. The minimum atomic E-state index is 0. The molecule has 1 nitrogen and oxygen atoms in total. The molecule has 2 heteroatoms. The fraction of sp³-hybridized carbons (Fsp3) is 0. The normalized spacial score (nSPS) is 9.14. The first-order valence-electron chi connectivity index (χ1n) is 4.21. The molecule has 0 fully saturated rings. The number of hydrogen-bond donors (Lipinski definition) is 1. The fourth-order valence-corrected chi connectivity index (χ4v) is 1.28. The number of benzene rings is 2. The molecule has 0 aromatic heterocycles. The van der Waals surface area contributed by atoms with Gasteiger partial charge in [0.1, 0.15) is 5.75 Å². The molecule has 0 saturated carbocycles. The van der Waals surface area contributed by atoms with E-state index in [4.69, 9.17) is 5.11 Å². The molecular weight excluding hydrogens is 208 g/mol. The monoisotopic (exact) mass is 218 g/mol. The Bertz CT molecular complexity index is 381. The Labute approximate surface area is 98.3 Å². The molecule has 0 spiro atoms. The van der Waals surface area contributed by atoms with E-state index in [0.29, 0.717) is 5.75 Å². The summed E-state index contributed by atoms with van der Waals surface area (Å²) in [5.41, 5.74) is 2.29. The molecule has 68 valence electrons. The number of aromatic hydroxyl groups is 1. The van der Waals surface area contributed by atoms with Crippen molar-refractivity contribution in [1.82, 2.24) is 0 Å². The van der Waals surface area contributed by atoms with Crippen LogP contribution < -0.4 is 0 Å². The molecular formula is C12H10OTi. The van der Waals surface area contributed by atoms with Gasteiger partial charge >= 0.3 is 0 Å². The van der Waals surface area contributed by atoms with E-state index in [-0.39, 0.29) is 21.7 Å². The zero-order valence-corrected chi connectivity index (χ0v) is 9.20. The topological polar surface area (TPSA) is 20.2 Å². The van der Waals surface area contributed by atoms with Crippen molar-refractivity contribution in [3.8, 4) is 16.9 Å². The summed E-state index contributed by atoms with van der Waals surface area (Å²) in [7, 11) is 0. The largest absolute Gasteiger partial charge is 0.508 e.